The molecular formula is C11H20N2O. The predicted molar refractivity (Wildman–Crippen MR) is 56.0 cm³/mol. The van der Waals surface area contributed by atoms with Crippen LogP contribution in [0.2, 0.25) is 0 Å². The van der Waals surface area contributed by atoms with Crippen molar-refractivity contribution in [3.63, 3.8) is 0 Å². The van der Waals surface area contributed by atoms with Gasteiger partial charge in [-0.1, -0.05) is 6.92 Å². The molecule has 2 rings (SSSR count). The van der Waals surface area contributed by atoms with Gasteiger partial charge >= 0.3 is 0 Å². The summed E-state index contributed by atoms with van der Waals surface area (Å²) in [6.07, 6.45) is 5.77. The van der Waals surface area contributed by atoms with Crippen LogP contribution in [0.25, 0.3) is 0 Å². The number of carbonyl (C=O) groups excluding carboxylic acids is 1. The maximum absolute atomic E-state index is 10.9. The zero-order valence-corrected chi connectivity index (χ0v) is 8.94. The van der Waals surface area contributed by atoms with Gasteiger partial charge in [0.1, 0.15) is 0 Å². The molecule has 1 aliphatic carbocycles. The van der Waals surface area contributed by atoms with Crippen LogP contribution in [0.15, 0.2) is 0 Å². The maximum atomic E-state index is 10.9. The van der Waals surface area contributed by atoms with Gasteiger partial charge in [0.05, 0.1) is 0 Å². The van der Waals surface area contributed by atoms with Crippen molar-refractivity contribution in [2.24, 2.45) is 5.41 Å². The molecular weight excluding hydrogens is 176 g/mol. The quantitative estimate of drug-likeness (QED) is 0.690. The first-order valence-corrected chi connectivity index (χ1v) is 5.74. The topological polar surface area (TPSA) is 41.1 Å². The number of nitrogens with one attached hydrogen (secondary N) is 2. The highest BCUT2D eigenvalue weighted by Crippen LogP contribution is 2.47. The van der Waals surface area contributed by atoms with Crippen molar-refractivity contribution in [3.05, 3.63) is 0 Å². The standard InChI is InChI=1S/C11H20N2O/c1-2-11(5-6-11)8-12-7-9-3-4-10(14)13-9/h9,12H,2-8H2,1H3,(H,13,14). The molecule has 2 aliphatic rings. The van der Waals surface area contributed by atoms with Crippen LogP contribution in [0.4, 0.5) is 0 Å². The summed E-state index contributed by atoms with van der Waals surface area (Å²) in [7, 11) is 0. The zero-order valence-electron chi connectivity index (χ0n) is 8.94. The molecule has 0 aromatic carbocycles. The molecule has 1 saturated heterocycles. The molecule has 1 unspecified atom stereocenters. The second kappa shape index (κ2) is 3.89. The number of rotatable bonds is 5. The van der Waals surface area contributed by atoms with E-state index in [-0.39, 0.29) is 5.91 Å². The van der Waals surface area contributed by atoms with Crippen molar-refractivity contribution < 1.29 is 4.79 Å². The van der Waals surface area contributed by atoms with Crippen LogP contribution in [0, 0.1) is 5.41 Å². The van der Waals surface area contributed by atoms with Crippen LogP contribution in [-0.2, 0) is 4.79 Å². The van der Waals surface area contributed by atoms with Gasteiger partial charge in [-0.2, -0.15) is 0 Å². The molecule has 3 nitrogen and oxygen atoms in total. The van der Waals surface area contributed by atoms with Gasteiger partial charge in [-0.3, -0.25) is 4.79 Å². The molecule has 1 heterocycles. The summed E-state index contributed by atoms with van der Waals surface area (Å²) in [5.74, 6) is 0.216. The molecule has 1 atom stereocenters. The van der Waals surface area contributed by atoms with E-state index in [1.54, 1.807) is 0 Å². The van der Waals surface area contributed by atoms with Gasteiger partial charge in [-0.05, 0) is 31.1 Å². The summed E-state index contributed by atoms with van der Waals surface area (Å²) >= 11 is 0. The van der Waals surface area contributed by atoms with E-state index in [1.165, 1.54) is 19.3 Å². The van der Waals surface area contributed by atoms with Crippen molar-refractivity contribution in [2.75, 3.05) is 13.1 Å². The van der Waals surface area contributed by atoms with Gasteiger partial charge in [0.15, 0.2) is 0 Å². The van der Waals surface area contributed by atoms with E-state index >= 15 is 0 Å². The van der Waals surface area contributed by atoms with Gasteiger partial charge in [-0.15, -0.1) is 0 Å². The van der Waals surface area contributed by atoms with Crippen molar-refractivity contribution >= 4 is 5.91 Å². The first-order chi connectivity index (χ1) is 6.74. The van der Waals surface area contributed by atoms with Crippen molar-refractivity contribution in [2.45, 2.75) is 45.1 Å². The summed E-state index contributed by atoms with van der Waals surface area (Å²) in [6.45, 7) is 4.36. The van der Waals surface area contributed by atoms with Crippen LogP contribution in [-0.4, -0.2) is 25.0 Å². The van der Waals surface area contributed by atoms with Gasteiger partial charge in [0.25, 0.3) is 0 Å². The molecule has 0 aromatic heterocycles. The molecule has 1 aliphatic heterocycles. The third-order valence-electron chi connectivity index (χ3n) is 3.68. The smallest absolute Gasteiger partial charge is 0.220 e. The maximum Gasteiger partial charge on any atom is 0.220 e. The number of amides is 1. The third-order valence-corrected chi connectivity index (χ3v) is 3.68. The van der Waals surface area contributed by atoms with Gasteiger partial charge in [0.2, 0.25) is 5.91 Å². The lowest BCUT2D eigenvalue weighted by Gasteiger charge is -2.16. The monoisotopic (exact) mass is 196 g/mol. The lowest BCUT2D eigenvalue weighted by molar-refractivity contribution is -0.119. The molecule has 0 aromatic rings. The van der Waals surface area contributed by atoms with E-state index < -0.39 is 0 Å². The van der Waals surface area contributed by atoms with Crippen molar-refractivity contribution in [1.29, 1.82) is 0 Å². The Hall–Kier alpha value is -0.570. The summed E-state index contributed by atoms with van der Waals surface area (Å²) < 4.78 is 0. The minimum absolute atomic E-state index is 0.216. The van der Waals surface area contributed by atoms with Crippen LogP contribution in [0.5, 0.6) is 0 Å². The Bertz CT molecular complexity index is 223. The van der Waals surface area contributed by atoms with Gasteiger partial charge in [-0.25, -0.2) is 0 Å². The second-order valence-electron chi connectivity index (χ2n) is 4.79. The van der Waals surface area contributed by atoms with E-state index in [1.807, 2.05) is 0 Å². The Balaban J connectivity index is 1.61. The number of hydrogen-bond donors (Lipinski definition) is 2. The average molecular weight is 196 g/mol. The van der Waals surface area contributed by atoms with E-state index in [4.69, 9.17) is 0 Å². The fourth-order valence-corrected chi connectivity index (χ4v) is 2.17. The SMILES string of the molecule is CCC1(CNCC2CCC(=O)N2)CC1. The van der Waals surface area contributed by atoms with Crippen LogP contribution >= 0.6 is 0 Å². The second-order valence-corrected chi connectivity index (χ2v) is 4.79. The van der Waals surface area contributed by atoms with Crippen molar-refractivity contribution in [3.8, 4) is 0 Å². The molecule has 0 radical (unpaired) electrons. The van der Waals surface area contributed by atoms with E-state index in [0.29, 0.717) is 17.9 Å². The Morgan fingerprint density at radius 2 is 2.36 bits per heavy atom. The van der Waals surface area contributed by atoms with E-state index in [9.17, 15) is 4.79 Å². The van der Waals surface area contributed by atoms with Crippen LogP contribution in [0.1, 0.15) is 39.0 Å². The van der Waals surface area contributed by atoms with E-state index in [0.717, 1.165) is 19.5 Å². The Labute approximate surface area is 85.6 Å². The summed E-state index contributed by atoms with van der Waals surface area (Å²) in [4.78, 5) is 10.9. The Morgan fingerprint density at radius 3 is 2.86 bits per heavy atom. The lowest BCUT2D eigenvalue weighted by atomic mass is 10.0. The number of hydrogen-bond acceptors (Lipinski definition) is 2. The summed E-state index contributed by atoms with van der Waals surface area (Å²) in [5.41, 5.74) is 0.614. The fraction of sp³-hybridized carbons (Fsp3) is 0.909. The van der Waals surface area contributed by atoms with Gasteiger partial charge in [0, 0.05) is 25.6 Å². The molecule has 2 fully saturated rings. The molecule has 0 spiro atoms. The minimum atomic E-state index is 0.216. The molecule has 3 heteroatoms. The molecule has 1 amide bonds. The summed E-state index contributed by atoms with van der Waals surface area (Å²) in [6, 6.07) is 0.384. The van der Waals surface area contributed by atoms with Crippen LogP contribution in [0.3, 0.4) is 0 Å². The third kappa shape index (κ3) is 2.27. The largest absolute Gasteiger partial charge is 0.352 e. The highest BCUT2D eigenvalue weighted by Gasteiger charge is 2.40. The Morgan fingerprint density at radius 1 is 1.57 bits per heavy atom. The molecule has 0 bridgehead atoms. The normalized spacial score (nSPS) is 28.9. The minimum Gasteiger partial charge on any atom is -0.352 e. The highest BCUT2D eigenvalue weighted by atomic mass is 16.1. The first-order valence-electron chi connectivity index (χ1n) is 5.74. The fourth-order valence-electron chi connectivity index (χ4n) is 2.17. The number of carbonyl (C=O) groups is 1. The van der Waals surface area contributed by atoms with Crippen molar-refractivity contribution in [1.82, 2.24) is 10.6 Å². The summed E-state index contributed by atoms with van der Waals surface area (Å²) in [5, 5.41) is 6.46. The van der Waals surface area contributed by atoms with Gasteiger partial charge < -0.3 is 10.6 Å². The molecule has 14 heavy (non-hydrogen) atoms. The zero-order chi connectivity index (χ0) is 10.0. The predicted octanol–water partition coefficient (Wildman–Crippen LogP) is 1.04. The Kier molecular flexibility index (Phi) is 2.77. The van der Waals surface area contributed by atoms with E-state index in [2.05, 4.69) is 17.6 Å². The first kappa shape index (κ1) is 9.97. The molecule has 1 saturated carbocycles. The van der Waals surface area contributed by atoms with Crippen LogP contribution < -0.4 is 10.6 Å². The molecule has 80 valence electrons. The highest BCUT2D eigenvalue weighted by molar-refractivity contribution is 5.78. The average Bonchev–Trinajstić information content (AvgIpc) is 2.84. The lowest BCUT2D eigenvalue weighted by Crippen LogP contribution is -2.37. The molecule has 2 N–H and O–H groups in total.